The average molecular weight is 158 g/mol. The Morgan fingerprint density at radius 3 is 2.64 bits per heavy atom. The first-order valence-corrected chi connectivity index (χ1v) is 3.35. The van der Waals surface area contributed by atoms with E-state index in [9.17, 15) is 4.79 Å². The van der Waals surface area contributed by atoms with Gasteiger partial charge in [0.05, 0.1) is 6.61 Å². The van der Waals surface area contributed by atoms with Crippen molar-refractivity contribution in [2.45, 2.75) is 18.3 Å². The number of hydrogen-bond donors (Lipinski definition) is 2. The molecule has 1 heterocycles. The Labute approximate surface area is 64.1 Å². The number of allylic oxidation sites excluding steroid dienone is 1. The molecule has 0 saturated carbocycles. The van der Waals surface area contributed by atoms with Crippen LogP contribution in [-0.2, 0) is 9.53 Å². The minimum absolute atomic E-state index is 0.120. The van der Waals surface area contributed by atoms with Crippen molar-refractivity contribution in [2.75, 3.05) is 6.61 Å². The molecule has 1 aliphatic heterocycles. The molecule has 4 nitrogen and oxygen atoms in total. The summed E-state index contributed by atoms with van der Waals surface area (Å²) < 4.78 is 4.93. The van der Waals surface area contributed by atoms with Crippen LogP contribution in [0.3, 0.4) is 0 Å². The Balaban J connectivity index is 2.48. The molecule has 3 atom stereocenters. The van der Waals surface area contributed by atoms with Gasteiger partial charge in [-0.1, -0.05) is 0 Å². The standard InChI is InChI=1S/C7H10O4/c8-3-1-2-6-7(10)5(9)4-11-6/h1-3,5-7,9-10H,4H2/b2-1+/t5-,6-,7-/m1/s1. The molecule has 0 spiro atoms. The Hall–Kier alpha value is -0.710. The number of carbonyl (C=O) groups is 1. The molecule has 11 heavy (non-hydrogen) atoms. The molecular formula is C7H10O4. The summed E-state index contributed by atoms with van der Waals surface area (Å²) in [5.41, 5.74) is 0. The van der Waals surface area contributed by atoms with Crippen LogP contribution in [0.2, 0.25) is 0 Å². The smallest absolute Gasteiger partial charge is 0.142 e. The van der Waals surface area contributed by atoms with E-state index in [0.29, 0.717) is 6.29 Å². The van der Waals surface area contributed by atoms with Gasteiger partial charge in [-0.3, -0.25) is 4.79 Å². The van der Waals surface area contributed by atoms with Gasteiger partial charge >= 0.3 is 0 Å². The maximum absolute atomic E-state index is 9.86. The molecule has 0 aromatic carbocycles. The summed E-state index contributed by atoms with van der Waals surface area (Å²) >= 11 is 0. The zero-order chi connectivity index (χ0) is 8.27. The first-order valence-electron chi connectivity index (χ1n) is 3.35. The summed E-state index contributed by atoms with van der Waals surface area (Å²) in [5.74, 6) is 0. The second-order valence-electron chi connectivity index (χ2n) is 2.38. The van der Waals surface area contributed by atoms with E-state index in [1.54, 1.807) is 0 Å². The predicted octanol–water partition coefficient (Wildman–Crippen LogP) is -1.14. The third-order valence-corrected chi connectivity index (χ3v) is 1.57. The average Bonchev–Trinajstić information content (AvgIpc) is 2.31. The van der Waals surface area contributed by atoms with Crippen molar-refractivity contribution in [1.29, 1.82) is 0 Å². The van der Waals surface area contributed by atoms with Crippen molar-refractivity contribution in [3.63, 3.8) is 0 Å². The van der Waals surface area contributed by atoms with E-state index in [2.05, 4.69) is 0 Å². The van der Waals surface area contributed by atoms with E-state index in [4.69, 9.17) is 14.9 Å². The van der Waals surface area contributed by atoms with Gasteiger partial charge in [0, 0.05) is 0 Å². The lowest BCUT2D eigenvalue weighted by Gasteiger charge is -2.08. The number of aliphatic hydroxyl groups is 2. The molecule has 0 radical (unpaired) electrons. The number of ether oxygens (including phenoxy) is 1. The predicted molar refractivity (Wildman–Crippen MR) is 37.0 cm³/mol. The van der Waals surface area contributed by atoms with Crippen LogP contribution in [-0.4, -0.2) is 41.4 Å². The number of hydrogen-bond acceptors (Lipinski definition) is 4. The van der Waals surface area contributed by atoms with Crippen molar-refractivity contribution in [3.05, 3.63) is 12.2 Å². The van der Waals surface area contributed by atoms with Crippen LogP contribution in [0.15, 0.2) is 12.2 Å². The highest BCUT2D eigenvalue weighted by Gasteiger charge is 2.32. The van der Waals surface area contributed by atoms with Gasteiger partial charge in [0.15, 0.2) is 0 Å². The van der Waals surface area contributed by atoms with E-state index in [0.717, 1.165) is 0 Å². The molecular weight excluding hydrogens is 148 g/mol. The number of aldehydes is 1. The molecule has 1 rings (SSSR count). The Bertz CT molecular complexity index is 166. The van der Waals surface area contributed by atoms with Crippen LogP contribution < -0.4 is 0 Å². The lowest BCUT2D eigenvalue weighted by molar-refractivity contribution is -0.104. The Kier molecular flexibility index (Phi) is 2.76. The number of rotatable bonds is 2. The summed E-state index contributed by atoms with van der Waals surface area (Å²) in [6.07, 6.45) is 0.971. The summed E-state index contributed by atoms with van der Waals surface area (Å²) in [6.45, 7) is 0.120. The van der Waals surface area contributed by atoms with Gasteiger partial charge in [-0.2, -0.15) is 0 Å². The van der Waals surface area contributed by atoms with Crippen LogP contribution in [0.4, 0.5) is 0 Å². The normalized spacial score (nSPS) is 38.2. The summed E-state index contributed by atoms with van der Waals surface area (Å²) in [4.78, 5) is 9.86. The molecule has 1 saturated heterocycles. The van der Waals surface area contributed by atoms with Gasteiger partial charge in [0.25, 0.3) is 0 Å². The molecule has 0 aromatic heterocycles. The van der Waals surface area contributed by atoms with Crippen LogP contribution in [0.25, 0.3) is 0 Å². The number of carbonyl (C=O) groups excluding carboxylic acids is 1. The van der Waals surface area contributed by atoms with E-state index < -0.39 is 18.3 Å². The molecule has 0 bridgehead atoms. The van der Waals surface area contributed by atoms with Gasteiger partial charge in [-0.05, 0) is 12.2 Å². The Morgan fingerprint density at radius 2 is 2.18 bits per heavy atom. The second kappa shape index (κ2) is 3.61. The third-order valence-electron chi connectivity index (χ3n) is 1.57. The van der Waals surface area contributed by atoms with E-state index >= 15 is 0 Å². The maximum Gasteiger partial charge on any atom is 0.142 e. The molecule has 1 fully saturated rings. The zero-order valence-electron chi connectivity index (χ0n) is 5.88. The molecule has 0 aromatic rings. The van der Waals surface area contributed by atoms with Gasteiger partial charge in [0.1, 0.15) is 24.6 Å². The minimum atomic E-state index is -0.911. The molecule has 0 amide bonds. The first-order chi connectivity index (χ1) is 5.25. The summed E-state index contributed by atoms with van der Waals surface area (Å²) in [6, 6.07) is 0. The zero-order valence-corrected chi connectivity index (χ0v) is 5.88. The van der Waals surface area contributed by atoms with Crippen molar-refractivity contribution in [2.24, 2.45) is 0 Å². The van der Waals surface area contributed by atoms with Crippen LogP contribution in [0.1, 0.15) is 0 Å². The van der Waals surface area contributed by atoms with E-state index in [1.807, 2.05) is 0 Å². The Morgan fingerprint density at radius 1 is 1.45 bits per heavy atom. The van der Waals surface area contributed by atoms with Gasteiger partial charge in [-0.25, -0.2) is 0 Å². The highest BCUT2D eigenvalue weighted by Crippen LogP contribution is 2.14. The van der Waals surface area contributed by atoms with Crippen molar-refractivity contribution in [3.8, 4) is 0 Å². The molecule has 0 unspecified atom stereocenters. The monoisotopic (exact) mass is 158 g/mol. The van der Waals surface area contributed by atoms with Crippen LogP contribution in [0.5, 0.6) is 0 Å². The second-order valence-corrected chi connectivity index (χ2v) is 2.38. The lowest BCUT2D eigenvalue weighted by atomic mass is 10.1. The fraction of sp³-hybridized carbons (Fsp3) is 0.571. The van der Waals surface area contributed by atoms with Crippen molar-refractivity contribution < 1.29 is 19.7 Å². The number of aliphatic hydroxyl groups excluding tert-OH is 2. The van der Waals surface area contributed by atoms with Gasteiger partial charge in [-0.15, -0.1) is 0 Å². The fourth-order valence-electron chi connectivity index (χ4n) is 0.950. The lowest BCUT2D eigenvalue weighted by Crippen LogP contribution is -2.28. The third kappa shape index (κ3) is 1.86. The van der Waals surface area contributed by atoms with Crippen molar-refractivity contribution >= 4 is 6.29 Å². The quantitative estimate of drug-likeness (QED) is 0.394. The fourth-order valence-corrected chi connectivity index (χ4v) is 0.950. The minimum Gasteiger partial charge on any atom is -0.388 e. The molecule has 0 aliphatic carbocycles. The van der Waals surface area contributed by atoms with E-state index in [1.165, 1.54) is 12.2 Å². The van der Waals surface area contributed by atoms with Gasteiger partial charge in [0.2, 0.25) is 0 Å². The largest absolute Gasteiger partial charge is 0.388 e. The molecule has 4 heteroatoms. The summed E-state index contributed by atoms with van der Waals surface area (Å²) in [5, 5.41) is 18.1. The molecule has 62 valence electrons. The highest BCUT2D eigenvalue weighted by molar-refractivity contribution is 5.64. The topological polar surface area (TPSA) is 66.8 Å². The van der Waals surface area contributed by atoms with Crippen LogP contribution in [0, 0.1) is 0 Å². The summed E-state index contributed by atoms with van der Waals surface area (Å²) in [7, 11) is 0. The maximum atomic E-state index is 9.86. The SMILES string of the molecule is O=C/C=C/[C@H]1OC[C@@H](O)[C@H]1O. The van der Waals surface area contributed by atoms with Gasteiger partial charge < -0.3 is 14.9 Å². The van der Waals surface area contributed by atoms with Crippen molar-refractivity contribution in [1.82, 2.24) is 0 Å². The van der Waals surface area contributed by atoms with Crippen LogP contribution >= 0.6 is 0 Å². The highest BCUT2D eigenvalue weighted by atomic mass is 16.5. The first kappa shape index (κ1) is 8.39. The molecule has 2 N–H and O–H groups in total. The van der Waals surface area contributed by atoms with E-state index in [-0.39, 0.29) is 6.61 Å². The molecule has 1 aliphatic rings.